The molecular weight excluding hydrogens is 289 g/mol. The number of aliphatic hydroxyl groups is 1. The van der Waals surface area contributed by atoms with Crippen LogP contribution in [-0.2, 0) is 10.3 Å². The van der Waals surface area contributed by atoms with E-state index in [9.17, 15) is 14.3 Å². The normalized spacial score (nSPS) is 21.8. The van der Waals surface area contributed by atoms with Crippen molar-refractivity contribution in [1.82, 2.24) is 4.90 Å². The van der Waals surface area contributed by atoms with Crippen molar-refractivity contribution in [3.63, 3.8) is 0 Å². The quantitative estimate of drug-likeness (QED) is 0.912. The first-order valence-corrected chi connectivity index (χ1v) is 7.19. The zero-order chi connectivity index (χ0) is 16.5. The van der Waals surface area contributed by atoms with Gasteiger partial charge in [-0.15, -0.1) is 0 Å². The van der Waals surface area contributed by atoms with Gasteiger partial charge >= 0.3 is 6.09 Å². The molecule has 1 saturated heterocycles. The highest BCUT2D eigenvalue weighted by Crippen LogP contribution is 2.38. The molecule has 1 amide bonds. The van der Waals surface area contributed by atoms with Gasteiger partial charge in [-0.3, -0.25) is 0 Å². The molecule has 0 aliphatic carbocycles. The third-order valence-corrected chi connectivity index (χ3v) is 3.56. The predicted molar refractivity (Wildman–Crippen MR) is 79.3 cm³/mol. The fraction of sp³-hybridized carbons (Fsp3) is 0.562. The van der Waals surface area contributed by atoms with Gasteiger partial charge in [0.2, 0.25) is 0 Å². The molecule has 6 heteroatoms. The number of benzene rings is 1. The summed E-state index contributed by atoms with van der Waals surface area (Å²) in [6.45, 7) is 5.82. The fourth-order valence-corrected chi connectivity index (χ4v) is 2.55. The van der Waals surface area contributed by atoms with Crippen molar-refractivity contribution in [1.29, 1.82) is 0 Å². The van der Waals surface area contributed by atoms with E-state index in [4.69, 9.17) is 9.47 Å². The molecule has 0 aromatic heterocycles. The molecule has 1 unspecified atom stereocenters. The van der Waals surface area contributed by atoms with Gasteiger partial charge in [-0.2, -0.15) is 0 Å². The summed E-state index contributed by atoms with van der Waals surface area (Å²) in [6.07, 6.45) is -0.127. The summed E-state index contributed by atoms with van der Waals surface area (Å²) in [5.74, 6) is -0.167. The first-order valence-electron chi connectivity index (χ1n) is 7.19. The smallest absolute Gasteiger partial charge is 0.410 e. The fourth-order valence-electron chi connectivity index (χ4n) is 2.55. The lowest BCUT2D eigenvalue weighted by Gasteiger charge is -2.27. The topological polar surface area (TPSA) is 59.0 Å². The Kier molecular flexibility index (Phi) is 4.33. The SMILES string of the molecule is COc1cc(F)ccc1C1(O)CCN(C(=O)OC(C)(C)C)C1. The van der Waals surface area contributed by atoms with Crippen LogP contribution in [0.15, 0.2) is 18.2 Å². The number of halogens is 1. The molecule has 5 nitrogen and oxygen atoms in total. The second-order valence-corrected chi connectivity index (χ2v) is 6.53. The number of rotatable bonds is 2. The lowest BCUT2D eigenvalue weighted by molar-refractivity contribution is 0.0132. The van der Waals surface area contributed by atoms with E-state index in [0.717, 1.165) is 0 Å². The van der Waals surface area contributed by atoms with Gasteiger partial charge in [-0.05, 0) is 39.3 Å². The van der Waals surface area contributed by atoms with E-state index < -0.39 is 23.1 Å². The summed E-state index contributed by atoms with van der Waals surface area (Å²) in [5.41, 5.74) is -1.39. The highest BCUT2D eigenvalue weighted by molar-refractivity contribution is 5.69. The van der Waals surface area contributed by atoms with Crippen molar-refractivity contribution >= 4 is 6.09 Å². The maximum Gasteiger partial charge on any atom is 0.410 e. The Morgan fingerprint density at radius 3 is 2.68 bits per heavy atom. The molecule has 2 rings (SSSR count). The Labute approximate surface area is 129 Å². The lowest BCUT2D eigenvalue weighted by Crippen LogP contribution is -2.38. The number of methoxy groups -OCH3 is 1. The molecule has 1 fully saturated rings. The van der Waals surface area contributed by atoms with Crippen LogP contribution in [0.4, 0.5) is 9.18 Å². The Morgan fingerprint density at radius 1 is 1.41 bits per heavy atom. The standard InChI is InChI=1S/C16H22FNO4/c1-15(2,3)22-14(19)18-8-7-16(20,10-18)12-6-5-11(17)9-13(12)21-4/h5-6,9,20H,7-8,10H2,1-4H3. The molecule has 22 heavy (non-hydrogen) atoms. The summed E-state index contributed by atoms with van der Waals surface area (Å²) in [4.78, 5) is 13.5. The predicted octanol–water partition coefficient (Wildman–Crippen LogP) is 2.66. The number of hydrogen-bond acceptors (Lipinski definition) is 4. The minimum atomic E-state index is -1.27. The van der Waals surface area contributed by atoms with Crippen LogP contribution in [0.3, 0.4) is 0 Å². The Morgan fingerprint density at radius 2 is 2.09 bits per heavy atom. The molecule has 0 radical (unpaired) electrons. The van der Waals surface area contributed by atoms with E-state index >= 15 is 0 Å². The molecular formula is C16H22FNO4. The Balaban J connectivity index is 2.19. The molecule has 1 atom stereocenters. The maximum atomic E-state index is 13.3. The number of carbonyl (C=O) groups is 1. The Hall–Kier alpha value is -1.82. The van der Waals surface area contributed by atoms with E-state index in [0.29, 0.717) is 18.5 Å². The summed E-state index contributed by atoms with van der Waals surface area (Å²) in [7, 11) is 1.42. The van der Waals surface area contributed by atoms with E-state index in [2.05, 4.69) is 0 Å². The number of carbonyl (C=O) groups excluding carboxylic acids is 1. The molecule has 1 aliphatic heterocycles. The van der Waals surface area contributed by atoms with E-state index in [1.165, 1.54) is 30.2 Å². The zero-order valence-electron chi connectivity index (χ0n) is 13.4. The second kappa shape index (κ2) is 5.76. The third-order valence-electron chi connectivity index (χ3n) is 3.56. The molecule has 1 aliphatic rings. The molecule has 1 N–H and O–H groups in total. The van der Waals surface area contributed by atoms with Gasteiger partial charge in [-0.1, -0.05) is 0 Å². The van der Waals surface area contributed by atoms with E-state index in [-0.39, 0.29) is 12.3 Å². The minimum absolute atomic E-state index is 0.0872. The van der Waals surface area contributed by atoms with Crippen LogP contribution in [0, 0.1) is 5.82 Å². The summed E-state index contributed by atoms with van der Waals surface area (Å²) in [5, 5.41) is 10.8. The highest BCUT2D eigenvalue weighted by Gasteiger charge is 2.42. The van der Waals surface area contributed by atoms with Crippen LogP contribution < -0.4 is 4.74 Å². The molecule has 0 bridgehead atoms. The van der Waals surface area contributed by atoms with Gasteiger partial charge in [0.15, 0.2) is 0 Å². The van der Waals surface area contributed by atoms with Crippen LogP contribution in [0.25, 0.3) is 0 Å². The van der Waals surface area contributed by atoms with Crippen LogP contribution >= 0.6 is 0 Å². The molecule has 0 spiro atoms. The number of likely N-dealkylation sites (tertiary alicyclic amines) is 1. The van der Waals surface area contributed by atoms with Crippen LogP contribution in [0.5, 0.6) is 5.75 Å². The van der Waals surface area contributed by atoms with Gasteiger partial charge in [0.05, 0.1) is 13.7 Å². The number of ether oxygens (including phenoxy) is 2. The van der Waals surface area contributed by atoms with Crippen molar-refractivity contribution in [3.8, 4) is 5.75 Å². The van der Waals surface area contributed by atoms with Gasteiger partial charge < -0.3 is 19.5 Å². The first-order chi connectivity index (χ1) is 10.1. The Bertz CT molecular complexity index is 570. The van der Waals surface area contributed by atoms with Crippen molar-refractivity contribution in [3.05, 3.63) is 29.6 Å². The van der Waals surface area contributed by atoms with Crippen molar-refractivity contribution in [2.24, 2.45) is 0 Å². The van der Waals surface area contributed by atoms with E-state index in [1.54, 1.807) is 20.8 Å². The van der Waals surface area contributed by atoms with Crippen LogP contribution in [0.2, 0.25) is 0 Å². The minimum Gasteiger partial charge on any atom is -0.496 e. The molecule has 1 aromatic rings. The maximum absolute atomic E-state index is 13.3. The van der Waals surface area contributed by atoms with Crippen LogP contribution in [-0.4, -0.2) is 41.9 Å². The first kappa shape index (κ1) is 16.5. The van der Waals surface area contributed by atoms with Crippen molar-refractivity contribution < 1.29 is 23.8 Å². The summed E-state index contributed by atoms with van der Waals surface area (Å²) < 4.78 is 23.7. The molecule has 1 heterocycles. The number of β-amino-alcohol motifs (C(OH)–C–C–N with tert-alkyl or cyclic N) is 1. The molecule has 1 aromatic carbocycles. The average Bonchev–Trinajstić information content (AvgIpc) is 2.80. The van der Waals surface area contributed by atoms with Gasteiger partial charge in [-0.25, -0.2) is 9.18 Å². The number of nitrogens with zero attached hydrogens (tertiary/aromatic N) is 1. The average molecular weight is 311 g/mol. The largest absolute Gasteiger partial charge is 0.496 e. The summed E-state index contributed by atoms with van der Waals surface area (Å²) >= 11 is 0. The van der Waals surface area contributed by atoms with Crippen molar-refractivity contribution in [2.45, 2.75) is 38.4 Å². The van der Waals surface area contributed by atoms with Crippen LogP contribution in [0.1, 0.15) is 32.8 Å². The molecule has 0 saturated carbocycles. The third kappa shape index (κ3) is 3.50. The van der Waals surface area contributed by atoms with Gasteiger partial charge in [0, 0.05) is 18.2 Å². The summed E-state index contributed by atoms with van der Waals surface area (Å²) in [6, 6.07) is 3.99. The second-order valence-electron chi connectivity index (χ2n) is 6.53. The van der Waals surface area contributed by atoms with E-state index in [1.807, 2.05) is 0 Å². The highest BCUT2D eigenvalue weighted by atomic mass is 19.1. The monoisotopic (exact) mass is 311 g/mol. The lowest BCUT2D eigenvalue weighted by atomic mass is 9.92. The van der Waals surface area contributed by atoms with Gasteiger partial charge in [0.25, 0.3) is 0 Å². The van der Waals surface area contributed by atoms with Gasteiger partial charge in [0.1, 0.15) is 22.8 Å². The number of amides is 1. The molecule has 122 valence electrons. The van der Waals surface area contributed by atoms with Crippen molar-refractivity contribution in [2.75, 3.05) is 20.2 Å². The zero-order valence-corrected chi connectivity index (χ0v) is 13.4. The number of hydrogen-bond donors (Lipinski definition) is 1.